The molecule has 0 amide bonds. The molecular formula is C41H43N3O8S. The van der Waals surface area contributed by atoms with Gasteiger partial charge in [-0.2, -0.15) is 9.78 Å². The van der Waals surface area contributed by atoms with Gasteiger partial charge >= 0.3 is 0 Å². The van der Waals surface area contributed by atoms with Crippen LogP contribution >= 0.6 is 11.3 Å². The highest BCUT2D eigenvalue weighted by molar-refractivity contribution is 7.21. The molecule has 53 heavy (non-hydrogen) atoms. The third kappa shape index (κ3) is 8.33. The summed E-state index contributed by atoms with van der Waals surface area (Å²) in [4.78, 5) is 17.5. The number of ether oxygens (including phenoxy) is 7. The molecule has 0 atom stereocenters. The van der Waals surface area contributed by atoms with Crippen LogP contribution in [0.1, 0.15) is 37.4 Å². The van der Waals surface area contributed by atoms with Crippen molar-refractivity contribution in [3.05, 3.63) is 78.9 Å². The van der Waals surface area contributed by atoms with Gasteiger partial charge in [0.25, 0.3) is 0 Å². The van der Waals surface area contributed by atoms with Crippen molar-refractivity contribution in [3.8, 4) is 73.3 Å². The molecule has 0 aliphatic heterocycles. The molecule has 276 valence electrons. The van der Waals surface area contributed by atoms with Gasteiger partial charge in [-0.1, -0.05) is 12.1 Å². The zero-order chi connectivity index (χ0) is 37.3. The minimum atomic E-state index is -0.235. The first-order chi connectivity index (χ1) is 25.9. The molecule has 0 fully saturated rings. The Kier molecular flexibility index (Phi) is 12.0. The van der Waals surface area contributed by atoms with Crippen molar-refractivity contribution in [1.29, 1.82) is 0 Å². The van der Waals surface area contributed by atoms with Gasteiger partial charge in [0.05, 0.1) is 70.4 Å². The summed E-state index contributed by atoms with van der Waals surface area (Å²) in [5.74, 6) is 3.80. The second kappa shape index (κ2) is 17.2. The minimum absolute atomic E-state index is 0.235. The molecule has 6 aromatic rings. The lowest BCUT2D eigenvalue weighted by Crippen LogP contribution is -2.09. The number of hydrogen-bond acceptors (Lipinski definition) is 11. The molecule has 12 heteroatoms. The second-order valence-electron chi connectivity index (χ2n) is 12.1. The van der Waals surface area contributed by atoms with Crippen molar-refractivity contribution in [2.24, 2.45) is 0 Å². The summed E-state index contributed by atoms with van der Waals surface area (Å²) < 4.78 is 42.6. The lowest BCUT2D eigenvalue weighted by molar-refractivity contribution is 0.0923. The van der Waals surface area contributed by atoms with Gasteiger partial charge in [-0.05, 0) is 92.4 Å². The number of aromatic nitrogens is 3. The number of para-hydroxylation sites is 1. The summed E-state index contributed by atoms with van der Waals surface area (Å²) in [6, 6.07) is 25.1. The van der Waals surface area contributed by atoms with Crippen molar-refractivity contribution in [2.45, 2.75) is 32.6 Å². The number of methoxy groups -OCH3 is 5. The first kappa shape index (κ1) is 37.0. The molecule has 0 bridgehead atoms. The maximum absolute atomic E-state index is 12.7. The maximum Gasteiger partial charge on any atom is 0.244 e. The molecule has 0 saturated heterocycles. The Balaban J connectivity index is 1.04. The summed E-state index contributed by atoms with van der Waals surface area (Å²) in [6.07, 6.45) is 3.69. The first-order valence-corrected chi connectivity index (χ1v) is 18.1. The molecule has 0 saturated carbocycles. The van der Waals surface area contributed by atoms with E-state index in [0.29, 0.717) is 64.7 Å². The van der Waals surface area contributed by atoms with E-state index in [1.54, 1.807) is 59.0 Å². The molecule has 0 aliphatic carbocycles. The number of fused-ring (bicyclic) bond motifs is 1. The van der Waals surface area contributed by atoms with Gasteiger partial charge in [0.15, 0.2) is 34.5 Å². The average molecular weight is 738 g/mol. The summed E-state index contributed by atoms with van der Waals surface area (Å²) >= 11 is 1.66. The van der Waals surface area contributed by atoms with Gasteiger partial charge in [0.1, 0.15) is 5.01 Å². The van der Waals surface area contributed by atoms with E-state index in [2.05, 4.69) is 11.2 Å². The van der Waals surface area contributed by atoms with E-state index in [9.17, 15) is 4.79 Å². The molecule has 6 rings (SSSR count). The molecule has 11 nitrogen and oxygen atoms in total. The van der Waals surface area contributed by atoms with E-state index in [4.69, 9.17) is 38.1 Å². The third-order valence-electron chi connectivity index (χ3n) is 8.69. The third-order valence-corrected chi connectivity index (χ3v) is 9.77. The van der Waals surface area contributed by atoms with Crippen LogP contribution < -0.4 is 33.2 Å². The first-order valence-electron chi connectivity index (χ1n) is 17.3. The van der Waals surface area contributed by atoms with Crippen LogP contribution in [0.25, 0.3) is 43.3 Å². The molecular weight excluding hydrogens is 695 g/mol. The Hall–Kier alpha value is -5.75. The smallest absolute Gasteiger partial charge is 0.244 e. The molecule has 0 N–H and O–H groups in total. The lowest BCUT2D eigenvalue weighted by Gasteiger charge is -2.13. The van der Waals surface area contributed by atoms with Gasteiger partial charge in [0.2, 0.25) is 11.7 Å². The average Bonchev–Trinajstić information content (AvgIpc) is 3.84. The van der Waals surface area contributed by atoms with Crippen molar-refractivity contribution < 1.29 is 38.0 Å². The largest absolute Gasteiger partial charge is 0.493 e. The van der Waals surface area contributed by atoms with Crippen molar-refractivity contribution in [3.63, 3.8) is 0 Å². The van der Waals surface area contributed by atoms with E-state index in [1.165, 1.54) is 11.6 Å². The van der Waals surface area contributed by atoms with E-state index in [1.807, 2.05) is 60.7 Å². The number of rotatable bonds is 17. The van der Waals surface area contributed by atoms with Gasteiger partial charge in [-0.25, -0.2) is 4.98 Å². The van der Waals surface area contributed by atoms with Crippen LogP contribution in [0.4, 0.5) is 0 Å². The molecule has 4 aromatic carbocycles. The van der Waals surface area contributed by atoms with Crippen LogP contribution in [-0.2, 0) is 0 Å². The molecule has 0 unspecified atom stereocenters. The Labute approximate surface area is 313 Å². The zero-order valence-corrected chi connectivity index (χ0v) is 31.6. The summed E-state index contributed by atoms with van der Waals surface area (Å²) in [7, 11) is 7.92. The Morgan fingerprint density at radius 3 is 1.87 bits per heavy atom. The van der Waals surface area contributed by atoms with E-state index in [0.717, 1.165) is 57.8 Å². The minimum Gasteiger partial charge on any atom is -0.493 e. The highest BCUT2D eigenvalue weighted by Gasteiger charge is 2.20. The van der Waals surface area contributed by atoms with Crippen molar-refractivity contribution >= 4 is 27.5 Å². The van der Waals surface area contributed by atoms with Crippen molar-refractivity contribution in [2.75, 3.05) is 48.8 Å². The van der Waals surface area contributed by atoms with E-state index < -0.39 is 0 Å². The second-order valence-corrected chi connectivity index (χ2v) is 13.1. The van der Waals surface area contributed by atoms with Crippen LogP contribution in [0.15, 0.2) is 78.9 Å². The van der Waals surface area contributed by atoms with Crippen LogP contribution in [0.3, 0.4) is 0 Å². The van der Waals surface area contributed by atoms with Gasteiger partial charge in [0, 0.05) is 23.6 Å². The fourth-order valence-corrected chi connectivity index (χ4v) is 6.95. The number of carbonyl (C=O) groups is 1. The summed E-state index contributed by atoms with van der Waals surface area (Å²) in [5.41, 5.74) is 4.62. The highest BCUT2D eigenvalue weighted by Crippen LogP contribution is 2.42. The highest BCUT2D eigenvalue weighted by atomic mass is 32.1. The van der Waals surface area contributed by atoms with E-state index in [-0.39, 0.29) is 5.91 Å². The monoisotopic (exact) mass is 737 g/mol. The van der Waals surface area contributed by atoms with E-state index >= 15 is 0 Å². The van der Waals surface area contributed by atoms with Crippen molar-refractivity contribution in [1.82, 2.24) is 14.8 Å². The molecule has 0 aliphatic rings. The molecule has 2 aromatic heterocycles. The predicted molar refractivity (Wildman–Crippen MR) is 207 cm³/mol. The molecule has 0 spiro atoms. The SMILES string of the molecule is COc1cc(-c2nc3ccccc3s2)ccc1OCCCCCCOc1cc(-c2cc(-c3cc(OC)c(OC)c(OC)c3)nn2C(C)=O)ccc1OC. The standard InChI is InChI=1S/C41H43N3O8S/c1-26(45)44-32(25-31(43-44)29-23-37(48-4)40(50-6)38(24-29)49-5)27-15-17-33(46-2)36(21-27)52-20-12-8-7-11-19-51-34-18-16-28(22-35(34)47-3)41-42-30-13-9-10-14-39(30)53-41/h9-10,13-18,21-25H,7-8,11-12,19-20H2,1-6H3. The predicted octanol–water partition coefficient (Wildman–Crippen LogP) is 9.22. The summed E-state index contributed by atoms with van der Waals surface area (Å²) in [5, 5.41) is 5.57. The number of unbranched alkanes of at least 4 members (excludes halogenated alkanes) is 3. The van der Waals surface area contributed by atoms with Gasteiger partial charge in [-0.15, -0.1) is 11.3 Å². The number of nitrogens with zero attached hydrogens (tertiary/aromatic N) is 3. The fraction of sp³-hybridized carbons (Fsp3) is 0.293. The zero-order valence-electron chi connectivity index (χ0n) is 30.8. The fourth-order valence-electron chi connectivity index (χ4n) is 5.98. The van der Waals surface area contributed by atoms with Crippen LogP contribution in [0.2, 0.25) is 0 Å². The normalized spacial score (nSPS) is 11.0. The number of benzene rings is 4. The summed E-state index contributed by atoms with van der Waals surface area (Å²) in [6.45, 7) is 2.55. The van der Waals surface area contributed by atoms with Gasteiger partial charge in [-0.3, -0.25) is 4.79 Å². The van der Waals surface area contributed by atoms with Crippen LogP contribution in [0, 0.1) is 0 Å². The maximum atomic E-state index is 12.7. The van der Waals surface area contributed by atoms with Crippen LogP contribution in [0.5, 0.6) is 40.2 Å². The molecule has 0 radical (unpaired) electrons. The lowest BCUT2D eigenvalue weighted by atomic mass is 10.1. The van der Waals surface area contributed by atoms with Crippen LogP contribution in [-0.4, -0.2) is 69.4 Å². The van der Waals surface area contributed by atoms with Gasteiger partial charge < -0.3 is 33.2 Å². The number of thiazole rings is 1. The Bertz CT molecular complexity index is 2140. The molecule has 2 heterocycles. The Morgan fingerprint density at radius 1 is 0.623 bits per heavy atom. The topological polar surface area (TPSA) is 112 Å². The number of hydrogen-bond donors (Lipinski definition) is 0. The Morgan fingerprint density at radius 2 is 1.23 bits per heavy atom. The number of carbonyl (C=O) groups excluding carboxylic acids is 1. The quantitative estimate of drug-likeness (QED) is 0.0840.